The molecule has 38 heavy (non-hydrogen) atoms. The molecule has 0 saturated heterocycles. The number of hydrogen-bond acceptors (Lipinski definition) is 5. The second-order valence-electron chi connectivity index (χ2n) is 8.33. The second-order valence-corrected chi connectivity index (χ2v) is 9.11. The van der Waals surface area contributed by atoms with E-state index in [0.717, 1.165) is 11.1 Å². The second kappa shape index (κ2) is 14.2. The van der Waals surface area contributed by atoms with Gasteiger partial charge in [0.15, 0.2) is 11.5 Å². The van der Waals surface area contributed by atoms with Crippen LogP contribution in [0.2, 0.25) is 10.0 Å². The molecule has 0 fully saturated rings. The summed E-state index contributed by atoms with van der Waals surface area (Å²) in [4.78, 5) is 24.4. The molecule has 7 nitrogen and oxygen atoms in total. The average Bonchev–Trinajstić information content (AvgIpc) is 2.87. The summed E-state index contributed by atoms with van der Waals surface area (Å²) < 4.78 is 12.0. The molecule has 0 saturated carbocycles. The number of nitrogens with one attached hydrogen (secondary N) is 2. The van der Waals surface area contributed by atoms with Crippen LogP contribution in [-0.2, 0) is 22.6 Å². The van der Waals surface area contributed by atoms with Crippen LogP contribution < -0.4 is 20.2 Å². The van der Waals surface area contributed by atoms with Crippen LogP contribution in [0.5, 0.6) is 11.5 Å². The topological polar surface area (TPSA) is 89.0 Å². The minimum Gasteiger partial charge on any atom is -0.490 e. The Morgan fingerprint density at radius 3 is 2.53 bits per heavy atom. The number of carbonyl (C=O) groups excluding carboxylic acids is 2. The zero-order chi connectivity index (χ0) is 27.5. The van der Waals surface area contributed by atoms with Gasteiger partial charge in [-0.15, -0.1) is 6.58 Å². The standard InChI is InChI=1S/C29H29Cl2N3O4/c1-4-7-22-14-21(15-25(37-5-2)29(22)38-18-20-12-10-19(3)11-13-20)17-32-34-27(36)16-26(35)33-24-9-6-8-23(30)28(24)31/h4,6,8-15,17H,1,5,7,16,18H2,2-3H3,(H,33,35)(H,34,36). The molecule has 0 heterocycles. The monoisotopic (exact) mass is 553 g/mol. The summed E-state index contributed by atoms with van der Waals surface area (Å²) >= 11 is 12.0. The Hall–Kier alpha value is -3.81. The van der Waals surface area contributed by atoms with Gasteiger partial charge in [0.25, 0.3) is 0 Å². The van der Waals surface area contributed by atoms with Crippen molar-refractivity contribution >= 4 is 46.9 Å². The highest BCUT2D eigenvalue weighted by atomic mass is 35.5. The quantitative estimate of drug-likeness (QED) is 0.116. The van der Waals surface area contributed by atoms with Crippen molar-refractivity contribution in [2.24, 2.45) is 5.10 Å². The maximum Gasteiger partial charge on any atom is 0.249 e. The van der Waals surface area contributed by atoms with E-state index < -0.39 is 18.2 Å². The number of hydrazone groups is 1. The van der Waals surface area contributed by atoms with Crippen LogP contribution in [0.1, 0.15) is 35.6 Å². The third-order valence-corrected chi connectivity index (χ3v) is 6.09. The maximum absolute atomic E-state index is 12.2. The molecule has 0 bridgehead atoms. The first-order valence-corrected chi connectivity index (χ1v) is 12.7. The molecule has 3 aromatic rings. The number of aryl methyl sites for hydroxylation is 1. The van der Waals surface area contributed by atoms with Gasteiger partial charge in [0.1, 0.15) is 13.0 Å². The summed E-state index contributed by atoms with van der Waals surface area (Å²) in [5.74, 6) is 0.0459. The molecule has 2 amide bonds. The van der Waals surface area contributed by atoms with Gasteiger partial charge in [-0.05, 0) is 55.7 Å². The van der Waals surface area contributed by atoms with Crippen LogP contribution in [0, 0.1) is 6.92 Å². The Morgan fingerprint density at radius 2 is 1.82 bits per heavy atom. The first kappa shape index (κ1) is 28.8. The minimum absolute atomic E-state index is 0.202. The van der Waals surface area contributed by atoms with Gasteiger partial charge in [0.05, 0.1) is 28.6 Å². The van der Waals surface area contributed by atoms with Gasteiger partial charge in [0, 0.05) is 5.56 Å². The van der Waals surface area contributed by atoms with E-state index in [1.165, 1.54) is 11.8 Å². The van der Waals surface area contributed by atoms with Gasteiger partial charge >= 0.3 is 0 Å². The Balaban J connectivity index is 1.67. The number of hydrogen-bond donors (Lipinski definition) is 2. The molecule has 3 aromatic carbocycles. The summed E-state index contributed by atoms with van der Waals surface area (Å²) in [5, 5.41) is 7.05. The molecular weight excluding hydrogens is 525 g/mol. The van der Waals surface area contributed by atoms with Crippen LogP contribution in [0.15, 0.2) is 72.4 Å². The summed E-state index contributed by atoms with van der Waals surface area (Å²) in [6.45, 7) is 8.60. The molecule has 2 N–H and O–H groups in total. The number of ether oxygens (including phenoxy) is 2. The van der Waals surface area contributed by atoms with E-state index >= 15 is 0 Å². The van der Waals surface area contributed by atoms with Crippen molar-refractivity contribution in [2.45, 2.75) is 33.3 Å². The van der Waals surface area contributed by atoms with E-state index in [1.807, 2.05) is 44.2 Å². The van der Waals surface area contributed by atoms with Crippen LogP contribution in [-0.4, -0.2) is 24.6 Å². The van der Waals surface area contributed by atoms with E-state index in [2.05, 4.69) is 22.4 Å². The molecule has 9 heteroatoms. The van der Waals surface area contributed by atoms with Gasteiger partial charge in [-0.2, -0.15) is 5.10 Å². The summed E-state index contributed by atoms with van der Waals surface area (Å²) in [7, 11) is 0. The molecule has 0 unspecified atom stereocenters. The Labute approximate surface area is 232 Å². The lowest BCUT2D eigenvalue weighted by Crippen LogP contribution is -2.24. The Bertz CT molecular complexity index is 1320. The van der Waals surface area contributed by atoms with Crippen molar-refractivity contribution in [3.05, 3.63) is 99.6 Å². The number of carbonyl (C=O) groups is 2. The molecule has 0 aliphatic carbocycles. The third-order valence-electron chi connectivity index (χ3n) is 5.27. The summed E-state index contributed by atoms with van der Waals surface area (Å²) in [5.41, 5.74) is 6.45. The predicted molar refractivity (Wildman–Crippen MR) is 152 cm³/mol. The fraction of sp³-hybridized carbons (Fsp3) is 0.207. The zero-order valence-electron chi connectivity index (χ0n) is 21.2. The van der Waals surface area contributed by atoms with Crippen LogP contribution in [0.4, 0.5) is 5.69 Å². The number of allylic oxidation sites excluding steroid dienone is 1. The third kappa shape index (κ3) is 8.36. The average molecular weight is 554 g/mol. The van der Waals surface area contributed by atoms with Crippen molar-refractivity contribution in [3.8, 4) is 11.5 Å². The molecule has 0 aromatic heterocycles. The van der Waals surface area contributed by atoms with Crippen molar-refractivity contribution in [1.82, 2.24) is 5.43 Å². The lowest BCUT2D eigenvalue weighted by atomic mass is 10.1. The molecule has 0 aliphatic heterocycles. The minimum atomic E-state index is -0.591. The van der Waals surface area contributed by atoms with Crippen LogP contribution >= 0.6 is 23.2 Å². The zero-order valence-corrected chi connectivity index (χ0v) is 22.7. The number of anilines is 1. The number of rotatable bonds is 12. The Morgan fingerprint density at radius 1 is 1.05 bits per heavy atom. The Kier molecular flexibility index (Phi) is 10.8. The van der Waals surface area contributed by atoms with Gasteiger partial charge in [-0.3, -0.25) is 9.59 Å². The van der Waals surface area contributed by atoms with E-state index in [9.17, 15) is 9.59 Å². The lowest BCUT2D eigenvalue weighted by molar-refractivity contribution is -0.126. The predicted octanol–water partition coefficient (Wildman–Crippen LogP) is 6.49. The van der Waals surface area contributed by atoms with Crippen molar-refractivity contribution < 1.29 is 19.1 Å². The van der Waals surface area contributed by atoms with E-state index in [4.69, 9.17) is 32.7 Å². The fourth-order valence-corrected chi connectivity index (χ4v) is 3.84. The highest BCUT2D eigenvalue weighted by Gasteiger charge is 2.14. The number of halogens is 2. The SMILES string of the molecule is C=CCc1cc(C=NNC(=O)CC(=O)Nc2cccc(Cl)c2Cl)cc(OCC)c1OCc1ccc(C)cc1. The number of amides is 2. The van der Waals surface area contributed by atoms with Crippen molar-refractivity contribution in [3.63, 3.8) is 0 Å². The number of benzene rings is 3. The first-order valence-electron chi connectivity index (χ1n) is 12.0. The molecule has 3 rings (SSSR count). The molecule has 198 valence electrons. The summed E-state index contributed by atoms with van der Waals surface area (Å²) in [6.07, 6.45) is 3.35. The van der Waals surface area contributed by atoms with E-state index in [1.54, 1.807) is 30.3 Å². The van der Waals surface area contributed by atoms with E-state index in [0.29, 0.717) is 47.4 Å². The van der Waals surface area contributed by atoms with Crippen LogP contribution in [0.25, 0.3) is 0 Å². The smallest absolute Gasteiger partial charge is 0.249 e. The van der Waals surface area contributed by atoms with Gasteiger partial charge in [-0.1, -0.05) is 65.2 Å². The van der Waals surface area contributed by atoms with Crippen LogP contribution in [0.3, 0.4) is 0 Å². The molecule has 0 radical (unpaired) electrons. The van der Waals surface area contributed by atoms with Gasteiger partial charge < -0.3 is 14.8 Å². The highest BCUT2D eigenvalue weighted by molar-refractivity contribution is 6.44. The van der Waals surface area contributed by atoms with E-state index in [-0.39, 0.29) is 5.02 Å². The number of nitrogens with zero attached hydrogens (tertiary/aromatic N) is 1. The molecule has 0 atom stereocenters. The van der Waals surface area contributed by atoms with Gasteiger partial charge in [0.2, 0.25) is 11.8 Å². The normalized spacial score (nSPS) is 10.7. The van der Waals surface area contributed by atoms with Gasteiger partial charge in [-0.25, -0.2) is 5.43 Å². The van der Waals surface area contributed by atoms with Crippen molar-refractivity contribution in [1.29, 1.82) is 0 Å². The lowest BCUT2D eigenvalue weighted by Gasteiger charge is -2.17. The fourth-order valence-electron chi connectivity index (χ4n) is 3.49. The maximum atomic E-state index is 12.2. The highest BCUT2D eigenvalue weighted by Crippen LogP contribution is 2.34. The summed E-state index contributed by atoms with van der Waals surface area (Å²) in [6, 6.07) is 16.6. The molecular formula is C29H29Cl2N3O4. The molecule has 0 aliphatic rings. The van der Waals surface area contributed by atoms with Crippen molar-refractivity contribution in [2.75, 3.05) is 11.9 Å². The largest absolute Gasteiger partial charge is 0.490 e. The first-order chi connectivity index (χ1) is 18.3. The molecule has 0 spiro atoms.